The van der Waals surface area contributed by atoms with Crippen molar-refractivity contribution in [3.05, 3.63) is 63.7 Å². The normalized spacial score (nSPS) is 13.1. The third-order valence-corrected chi connectivity index (χ3v) is 5.66. The molecule has 2 N–H and O–H groups in total. The summed E-state index contributed by atoms with van der Waals surface area (Å²) < 4.78 is 21.5. The Kier molecular flexibility index (Phi) is 7.12. The average Bonchev–Trinajstić information content (AvgIpc) is 3.08. The van der Waals surface area contributed by atoms with Crippen molar-refractivity contribution in [2.75, 3.05) is 30.9 Å². The van der Waals surface area contributed by atoms with Gasteiger partial charge in [0.15, 0.2) is 5.82 Å². The summed E-state index contributed by atoms with van der Waals surface area (Å²) in [5.74, 6) is 0.228. The Morgan fingerprint density at radius 3 is 2.82 bits per heavy atom. The standard InChI is InChI=1S/C23H25FN6O4/c1-34-12-10-25-18-9-7-16(14-20(18)30(32)33)23(31)26-19-13-15(6-8-17(19)24)22-28-27-21-5-3-2-4-11-29(21)22/h6-9,13-14,25H,2-5,10-12H2,1H3,(H,26,31). The van der Waals surface area contributed by atoms with Gasteiger partial charge in [0, 0.05) is 43.8 Å². The number of anilines is 2. The van der Waals surface area contributed by atoms with Crippen LogP contribution in [0.2, 0.25) is 0 Å². The summed E-state index contributed by atoms with van der Waals surface area (Å²) >= 11 is 0. The van der Waals surface area contributed by atoms with Crippen LogP contribution in [0.5, 0.6) is 0 Å². The zero-order chi connectivity index (χ0) is 24.1. The van der Waals surface area contributed by atoms with Crippen LogP contribution in [0.15, 0.2) is 36.4 Å². The van der Waals surface area contributed by atoms with Crippen LogP contribution in [0.1, 0.15) is 35.4 Å². The van der Waals surface area contributed by atoms with E-state index in [9.17, 15) is 19.3 Å². The molecule has 2 heterocycles. The van der Waals surface area contributed by atoms with Crippen molar-refractivity contribution in [2.24, 2.45) is 0 Å². The molecule has 0 saturated carbocycles. The fraction of sp³-hybridized carbons (Fsp3) is 0.348. The van der Waals surface area contributed by atoms with Gasteiger partial charge >= 0.3 is 0 Å². The predicted molar refractivity (Wildman–Crippen MR) is 124 cm³/mol. The Hall–Kier alpha value is -3.86. The first-order chi connectivity index (χ1) is 16.5. The van der Waals surface area contributed by atoms with E-state index >= 15 is 0 Å². The van der Waals surface area contributed by atoms with Gasteiger partial charge in [0.25, 0.3) is 11.6 Å². The number of hydrogen-bond donors (Lipinski definition) is 2. The number of aromatic nitrogens is 3. The molecule has 3 aromatic rings. The number of nitro benzene ring substituents is 1. The predicted octanol–water partition coefficient (Wildman–Crippen LogP) is 4.03. The second-order valence-corrected chi connectivity index (χ2v) is 7.96. The van der Waals surface area contributed by atoms with Gasteiger partial charge in [-0.1, -0.05) is 6.42 Å². The highest BCUT2D eigenvalue weighted by molar-refractivity contribution is 6.05. The second kappa shape index (κ2) is 10.4. The van der Waals surface area contributed by atoms with Crippen LogP contribution in [0.25, 0.3) is 11.4 Å². The maximum atomic E-state index is 14.5. The Morgan fingerprint density at radius 2 is 2.03 bits per heavy atom. The molecule has 178 valence electrons. The average molecular weight is 468 g/mol. The van der Waals surface area contributed by atoms with E-state index in [1.807, 2.05) is 4.57 Å². The molecule has 0 saturated heterocycles. The van der Waals surface area contributed by atoms with Crippen LogP contribution in [0.4, 0.5) is 21.5 Å². The number of nitro groups is 1. The molecule has 10 nitrogen and oxygen atoms in total. The van der Waals surface area contributed by atoms with Crippen LogP contribution in [0.3, 0.4) is 0 Å². The van der Waals surface area contributed by atoms with Gasteiger partial charge in [-0.2, -0.15) is 0 Å². The van der Waals surface area contributed by atoms with Gasteiger partial charge in [-0.25, -0.2) is 4.39 Å². The van der Waals surface area contributed by atoms with Crippen molar-refractivity contribution in [3.8, 4) is 11.4 Å². The number of fused-ring (bicyclic) bond motifs is 1. The molecule has 0 fully saturated rings. The van der Waals surface area contributed by atoms with Gasteiger partial charge in [0.2, 0.25) is 0 Å². The minimum Gasteiger partial charge on any atom is -0.383 e. The molecule has 1 amide bonds. The number of ether oxygens (including phenoxy) is 1. The summed E-state index contributed by atoms with van der Waals surface area (Å²) in [4.78, 5) is 23.7. The minimum absolute atomic E-state index is 0.0325. The Morgan fingerprint density at radius 1 is 1.18 bits per heavy atom. The number of nitrogens with zero attached hydrogens (tertiary/aromatic N) is 4. The van der Waals surface area contributed by atoms with Crippen LogP contribution in [-0.2, 0) is 17.7 Å². The molecular weight excluding hydrogens is 443 g/mol. The van der Waals surface area contributed by atoms with E-state index in [1.54, 1.807) is 6.07 Å². The number of hydrogen-bond acceptors (Lipinski definition) is 7. The molecule has 11 heteroatoms. The highest BCUT2D eigenvalue weighted by Crippen LogP contribution is 2.29. The lowest BCUT2D eigenvalue weighted by molar-refractivity contribution is -0.384. The molecule has 0 spiro atoms. The quantitative estimate of drug-likeness (QED) is 0.291. The van der Waals surface area contributed by atoms with Crippen molar-refractivity contribution < 1.29 is 18.8 Å². The first kappa shape index (κ1) is 23.3. The Labute approximate surface area is 195 Å². The van der Waals surface area contributed by atoms with Gasteiger partial charge < -0.3 is 19.9 Å². The summed E-state index contributed by atoms with van der Waals surface area (Å²) in [6.07, 6.45) is 4.01. The lowest BCUT2D eigenvalue weighted by Crippen LogP contribution is -2.14. The van der Waals surface area contributed by atoms with Crippen molar-refractivity contribution in [1.29, 1.82) is 0 Å². The minimum atomic E-state index is -0.664. The molecule has 2 aromatic carbocycles. The van der Waals surface area contributed by atoms with Gasteiger partial charge in [-0.15, -0.1) is 10.2 Å². The summed E-state index contributed by atoms with van der Waals surface area (Å²) in [6, 6.07) is 8.40. The summed E-state index contributed by atoms with van der Waals surface area (Å²) in [5, 5.41) is 25.5. The molecule has 1 aliphatic heterocycles. The van der Waals surface area contributed by atoms with Crippen molar-refractivity contribution in [1.82, 2.24) is 14.8 Å². The van der Waals surface area contributed by atoms with E-state index in [4.69, 9.17) is 4.74 Å². The van der Waals surface area contributed by atoms with Gasteiger partial charge in [0.1, 0.15) is 17.3 Å². The van der Waals surface area contributed by atoms with E-state index in [-0.39, 0.29) is 22.6 Å². The van der Waals surface area contributed by atoms with Crippen LogP contribution >= 0.6 is 0 Å². The van der Waals surface area contributed by atoms with E-state index in [1.165, 1.54) is 31.4 Å². The number of methoxy groups -OCH3 is 1. The fourth-order valence-corrected chi connectivity index (χ4v) is 3.91. The fourth-order valence-electron chi connectivity index (χ4n) is 3.91. The molecule has 1 aliphatic rings. The molecule has 0 aliphatic carbocycles. The van der Waals surface area contributed by atoms with Crippen molar-refractivity contribution in [3.63, 3.8) is 0 Å². The first-order valence-electron chi connectivity index (χ1n) is 11.0. The molecule has 4 rings (SSSR count). The lowest BCUT2D eigenvalue weighted by Gasteiger charge is -2.11. The van der Waals surface area contributed by atoms with Gasteiger partial charge in [0.05, 0.1) is 17.2 Å². The summed E-state index contributed by atoms with van der Waals surface area (Å²) in [6.45, 7) is 1.52. The number of nitrogens with one attached hydrogen (secondary N) is 2. The highest BCUT2D eigenvalue weighted by Gasteiger charge is 2.20. The molecule has 0 radical (unpaired) electrons. The van der Waals surface area contributed by atoms with Gasteiger partial charge in [-0.3, -0.25) is 14.9 Å². The lowest BCUT2D eigenvalue weighted by atomic mass is 10.1. The first-order valence-corrected chi connectivity index (χ1v) is 11.0. The largest absolute Gasteiger partial charge is 0.383 e. The van der Waals surface area contributed by atoms with Crippen molar-refractivity contribution in [2.45, 2.75) is 32.2 Å². The highest BCUT2D eigenvalue weighted by atomic mass is 19.1. The maximum Gasteiger partial charge on any atom is 0.293 e. The zero-order valence-corrected chi connectivity index (χ0v) is 18.7. The number of carbonyl (C=O) groups is 1. The smallest absolute Gasteiger partial charge is 0.293 e. The Bertz CT molecular complexity index is 1210. The second-order valence-electron chi connectivity index (χ2n) is 7.96. The van der Waals surface area contributed by atoms with Crippen molar-refractivity contribution >= 4 is 23.0 Å². The molecular formula is C23H25FN6O4. The third-order valence-electron chi connectivity index (χ3n) is 5.66. The zero-order valence-electron chi connectivity index (χ0n) is 18.7. The SMILES string of the molecule is COCCNc1ccc(C(=O)Nc2cc(-c3nnc4n3CCCCC4)ccc2F)cc1[N+](=O)[O-]. The summed E-state index contributed by atoms with van der Waals surface area (Å²) in [7, 11) is 1.52. The number of rotatable bonds is 8. The van der Waals surface area contributed by atoms with Gasteiger partial charge in [-0.05, 0) is 43.2 Å². The van der Waals surface area contributed by atoms with Crippen LogP contribution < -0.4 is 10.6 Å². The van der Waals surface area contributed by atoms with E-state index in [2.05, 4.69) is 20.8 Å². The molecule has 0 unspecified atom stereocenters. The number of aryl methyl sites for hydroxylation is 1. The number of halogens is 1. The Balaban J connectivity index is 1.57. The molecule has 0 atom stereocenters. The van der Waals surface area contributed by atoms with Crippen LogP contribution in [-0.4, -0.2) is 45.9 Å². The third kappa shape index (κ3) is 5.04. The number of carbonyl (C=O) groups excluding carboxylic acids is 1. The van der Waals surface area contributed by atoms with Crippen LogP contribution in [0, 0.1) is 15.9 Å². The van der Waals surface area contributed by atoms with E-state index in [0.29, 0.717) is 24.5 Å². The monoisotopic (exact) mass is 468 g/mol. The topological polar surface area (TPSA) is 124 Å². The molecule has 34 heavy (non-hydrogen) atoms. The number of amides is 1. The molecule has 0 bridgehead atoms. The maximum absolute atomic E-state index is 14.5. The summed E-state index contributed by atoms with van der Waals surface area (Å²) in [5.41, 5.74) is 0.619. The van der Waals surface area contributed by atoms with E-state index in [0.717, 1.165) is 44.1 Å². The molecule has 1 aromatic heterocycles. The van der Waals surface area contributed by atoms with E-state index < -0.39 is 16.6 Å². The number of benzene rings is 2.